The molecule has 0 aliphatic carbocycles. The summed E-state index contributed by atoms with van der Waals surface area (Å²) in [6.45, 7) is 0.614. The lowest BCUT2D eigenvalue weighted by molar-refractivity contribution is -0.122. The molecule has 1 aromatic rings. The van der Waals surface area contributed by atoms with E-state index in [0.29, 0.717) is 6.54 Å². The number of hydrogen-bond donors (Lipinski definition) is 2. The molecule has 17 heavy (non-hydrogen) atoms. The molecular formula is C11H17ClN2OS2. The smallest absolute Gasteiger partial charge is 0.236 e. The third kappa shape index (κ3) is 5.77. The lowest BCUT2D eigenvalue weighted by Crippen LogP contribution is -2.41. The first-order valence-electron chi connectivity index (χ1n) is 5.40. The standard InChI is InChI=1S/C11H17ClN2OS2/c1-16-7-5-9(13)11(15)14-6-4-8-2-3-10(12)17-8/h2-3,9H,4-7,13H2,1H3,(H,14,15)/t9-/m1/s1. The molecule has 1 atom stereocenters. The van der Waals surface area contributed by atoms with E-state index in [1.54, 1.807) is 23.1 Å². The van der Waals surface area contributed by atoms with E-state index in [1.807, 2.05) is 18.4 Å². The predicted octanol–water partition coefficient (Wildman–Crippen LogP) is 2.14. The van der Waals surface area contributed by atoms with E-state index in [9.17, 15) is 4.79 Å². The number of thiophene rings is 1. The molecule has 0 spiro atoms. The highest BCUT2D eigenvalue weighted by Crippen LogP contribution is 2.21. The van der Waals surface area contributed by atoms with Crippen LogP contribution in [0, 0.1) is 0 Å². The molecule has 0 aliphatic heterocycles. The van der Waals surface area contributed by atoms with Crippen molar-refractivity contribution in [1.29, 1.82) is 0 Å². The van der Waals surface area contributed by atoms with Crippen molar-refractivity contribution in [3.05, 3.63) is 21.3 Å². The minimum atomic E-state index is -0.394. The van der Waals surface area contributed by atoms with Crippen molar-refractivity contribution in [3.63, 3.8) is 0 Å². The predicted molar refractivity (Wildman–Crippen MR) is 77.0 cm³/mol. The monoisotopic (exact) mass is 292 g/mol. The van der Waals surface area contributed by atoms with E-state index in [-0.39, 0.29) is 5.91 Å². The van der Waals surface area contributed by atoms with Crippen LogP contribution in [-0.2, 0) is 11.2 Å². The molecule has 0 saturated carbocycles. The van der Waals surface area contributed by atoms with Gasteiger partial charge in [0, 0.05) is 11.4 Å². The van der Waals surface area contributed by atoms with E-state index in [2.05, 4.69) is 5.32 Å². The second kappa shape index (κ2) is 7.97. The van der Waals surface area contributed by atoms with Crippen LogP contribution in [0.25, 0.3) is 0 Å². The highest BCUT2D eigenvalue weighted by molar-refractivity contribution is 7.98. The van der Waals surface area contributed by atoms with E-state index in [4.69, 9.17) is 17.3 Å². The Bertz CT molecular complexity index is 357. The van der Waals surface area contributed by atoms with Gasteiger partial charge in [-0.1, -0.05) is 11.6 Å². The van der Waals surface area contributed by atoms with Crippen LogP contribution < -0.4 is 11.1 Å². The molecule has 0 saturated heterocycles. The molecule has 0 radical (unpaired) electrons. The summed E-state index contributed by atoms with van der Waals surface area (Å²) in [5, 5.41) is 2.84. The summed E-state index contributed by atoms with van der Waals surface area (Å²) < 4.78 is 0.781. The lowest BCUT2D eigenvalue weighted by Gasteiger charge is -2.10. The third-order valence-corrected chi connectivity index (χ3v) is 4.20. The second-order valence-electron chi connectivity index (χ2n) is 3.63. The van der Waals surface area contributed by atoms with Crippen LogP contribution in [0.2, 0.25) is 4.34 Å². The van der Waals surface area contributed by atoms with Gasteiger partial charge in [-0.3, -0.25) is 4.79 Å². The Hall–Kier alpha value is -0.230. The first kappa shape index (κ1) is 14.8. The third-order valence-electron chi connectivity index (χ3n) is 2.27. The molecule has 0 bridgehead atoms. The van der Waals surface area contributed by atoms with Gasteiger partial charge >= 0.3 is 0 Å². The van der Waals surface area contributed by atoms with Crippen LogP contribution in [0.15, 0.2) is 12.1 Å². The fourth-order valence-corrected chi connectivity index (χ4v) is 2.88. The van der Waals surface area contributed by atoms with Crippen molar-refractivity contribution >= 4 is 40.6 Å². The van der Waals surface area contributed by atoms with Gasteiger partial charge in [-0.2, -0.15) is 11.8 Å². The number of rotatable bonds is 7. The number of hydrogen-bond acceptors (Lipinski definition) is 4. The summed E-state index contributed by atoms with van der Waals surface area (Å²) in [4.78, 5) is 12.8. The van der Waals surface area contributed by atoms with E-state index in [1.165, 1.54) is 4.88 Å². The molecule has 3 nitrogen and oxygen atoms in total. The fourth-order valence-electron chi connectivity index (χ4n) is 1.30. The van der Waals surface area contributed by atoms with Crippen molar-refractivity contribution in [3.8, 4) is 0 Å². The molecule has 6 heteroatoms. The van der Waals surface area contributed by atoms with Crippen LogP contribution in [0.5, 0.6) is 0 Å². The topological polar surface area (TPSA) is 55.1 Å². The maximum Gasteiger partial charge on any atom is 0.236 e. The Morgan fingerprint density at radius 2 is 2.41 bits per heavy atom. The Kier molecular flexibility index (Phi) is 6.96. The maximum absolute atomic E-state index is 11.6. The first-order valence-corrected chi connectivity index (χ1v) is 7.98. The lowest BCUT2D eigenvalue weighted by atomic mass is 10.2. The molecule has 96 valence electrons. The molecule has 1 rings (SSSR count). The summed E-state index contributed by atoms with van der Waals surface area (Å²) in [6.07, 6.45) is 3.53. The van der Waals surface area contributed by atoms with E-state index in [0.717, 1.165) is 22.9 Å². The summed E-state index contributed by atoms with van der Waals surface area (Å²) in [6, 6.07) is 3.45. The molecule has 0 fully saturated rings. The molecule has 1 amide bonds. The second-order valence-corrected chi connectivity index (χ2v) is 6.42. The molecule has 3 N–H and O–H groups in total. The van der Waals surface area contributed by atoms with Gasteiger partial charge in [-0.15, -0.1) is 11.3 Å². The van der Waals surface area contributed by atoms with Crippen molar-refractivity contribution in [1.82, 2.24) is 5.32 Å². The maximum atomic E-state index is 11.6. The minimum absolute atomic E-state index is 0.0679. The SMILES string of the molecule is CSCC[C@@H](N)C(=O)NCCc1ccc(Cl)s1. The molecule has 1 aromatic heterocycles. The highest BCUT2D eigenvalue weighted by atomic mass is 35.5. The summed E-state index contributed by atoms with van der Waals surface area (Å²) in [5.74, 6) is 0.844. The van der Waals surface area contributed by atoms with Crippen LogP contribution in [0.3, 0.4) is 0 Å². The highest BCUT2D eigenvalue weighted by Gasteiger charge is 2.11. The van der Waals surface area contributed by atoms with Gasteiger partial charge in [0.1, 0.15) is 0 Å². The Morgan fingerprint density at radius 3 is 3.00 bits per heavy atom. The summed E-state index contributed by atoms with van der Waals surface area (Å²) >= 11 is 9.06. The fraction of sp³-hybridized carbons (Fsp3) is 0.545. The van der Waals surface area contributed by atoms with E-state index >= 15 is 0 Å². The largest absolute Gasteiger partial charge is 0.354 e. The zero-order valence-electron chi connectivity index (χ0n) is 9.74. The van der Waals surface area contributed by atoms with Crippen LogP contribution in [0.4, 0.5) is 0 Å². The van der Waals surface area contributed by atoms with Gasteiger partial charge in [-0.05, 0) is 37.0 Å². The minimum Gasteiger partial charge on any atom is -0.354 e. The number of carbonyl (C=O) groups is 1. The van der Waals surface area contributed by atoms with E-state index < -0.39 is 6.04 Å². The Balaban J connectivity index is 2.19. The van der Waals surface area contributed by atoms with Gasteiger partial charge < -0.3 is 11.1 Å². The van der Waals surface area contributed by atoms with Crippen molar-refractivity contribution in [2.75, 3.05) is 18.6 Å². The van der Waals surface area contributed by atoms with Crippen molar-refractivity contribution < 1.29 is 4.79 Å². The average Bonchev–Trinajstić information content (AvgIpc) is 2.71. The zero-order valence-corrected chi connectivity index (χ0v) is 12.1. The van der Waals surface area contributed by atoms with Crippen LogP contribution in [-0.4, -0.2) is 30.5 Å². The number of nitrogens with two attached hydrogens (primary N) is 1. The number of halogens is 1. The first-order chi connectivity index (χ1) is 8.13. The van der Waals surface area contributed by atoms with Crippen LogP contribution in [0.1, 0.15) is 11.3 Å². The molecular weight excluding hydrogens is 276 g/mol. The average molecular weight is 293 g/mol. The quantitative estimate of drug-likeness (QED) is 0.809. The van der Waals surface area contributed by atoms with Gasteiger partial charge in [0.2, 0.25) is 5.91 Å². The summed E-state index contributed by atoms with van der Waals surface area (Å²) in [7, 11) is 0. The zero-order chi connectivity index (χ0) is 12.7. The molecule has 0 aromatic carbocycles. The Labute approximate surface area is 115 Å². The van der Waals surface area contributed by atoms with Crippen molar-refractivity contribution in [2.24, 2.45) is 5.73 Å². The number of nitrogens with one attached hydrogen (secondary N) is 1. The normalized spacial score (nSPS) is 12.4. The van der Waals surface area contributed by atoms with Gasteiger partial charge in [-0.25, -0.2) is 0 Å². The molecule has 0 aliphatic rings. The number of carbonyl (C=O) groups excluding carboxylic acids is 1. The van der Waals surface area contributed by atoms with Crippen molar-refractivity contribution in [2.45, 2.75) is 18.9 Å². The van der Waals surface area contributed by atoms with Crippen LogP contribution >= 0.6 is 34.7 Å². The molecule has 1 heterocycles. The Morgan fingerprint density at radius 1 is 1.65 bits per heavy atom. The number of thioether (sulfide) groups is 1. The van der Waals surface area contributed by atoms with Gasteiger partial charge in [0.05, 0.1) is 10.4 Å². The van der Waals surface area contributed by atoms with Gasteiger partial charge in [0.15, 0.2) is 0 Å². The summed E-state index contributed by atoms with van der Waals surface area (Å²) in [5.41, 5.74) is 5.74. The van der Waals surface area contributed by atoms with Gasteiger partial charge in [0.25, 0.3) is 0 Å². The molecule has 0 unspecified atom stereocenters. The number of amides is 1.